The molecule has 1 aliphatic carbocycles. The molecule has 0 radical (unpaired) electrons. The van der Waals surface area contributed by atoms with Gasteiger partial charge in [-0.05, 0) is 122 Å². The quantitative estimate of drug-likeness (QED) is 0.0932. The summed E-state index contributed by atoms with van der Waals surface area (Å²) in [7, 11) is 0. The Morgan fingerprint density at radius 3 is 1.65 bits per heavy atom. The summed E-state index contributed by atoms with van der Waals surface area (Å²) in [6, 6.07) is 60.4. The van der Waals surface area contributed by atoms with Gasteiger partial charge in [-0.3, -0.25) is 0 Å². The zero-order valence-electron chi connectivity index (χ0n) is 32.6. The van der Waals surface area contributed by atoms with Crippen LogP contribution >= 0.6 is 25.2 Å². The predicted molar refractivity (Wildman–Crippen MR) is 244 cm³/mol. The molecule has 12 rings (SSSR count). The van der Waals surface area contributed by atoms with Crippen LogP contribution < -0.4 is 17.3 Å². The van der Waals surface area contributed by atoms with Gasteiger partial charge in [0.1, 0.15) is 34.5 Å². The maximum atomic E-state index is 13.2. The lowest BCUT2D eigenvalue weighted by molar-refractivity contribution is 0.0224. The van der Waals surface area contributed by atoms with E-state index in [1.165, 1.54) is 33.9 Å². The molecule has 1 atom stereocenters. The Balaban J connectivity index is 0.859. The van der Waals surface area contributed by atoms with E-state index < -0.39 is 17.0 Å². The van der Waals surface area contributed by atoms with Crippen LogP contribution in [0, 0.1) is 0 Å². The summed E-state index contributed by atoms with van der Waals surface area (Å²) in [6.45, 7) is 0. The van der Waals surface area contributed by atoms with Crippen LogP contribution in [0.15, 0.2) is 182 Å². The van der Waals surface area contributed by atoms with Crippen LogP contribution in [0.5, 0.6) is 34.5 Å². The number of hydrogen-bond acceptors (Lipinski definition) is 9. The van der Waals surface area contributed by atoms with Gasteiger partial charge >= 0.3 is 5.97 Å². The molecule has 2 aliphatic heterocycles. The number of carbonyl (C=O) groups is 1. The lowest BCUT2D eigenvalue weighted by Gasteiger charge is -2.36. The average molecular weight is 845 g/mol. The van der Waals surface area contributed by atoms with E-state index in [9.17, 15) is 9.90 Å². The first-order valence-electron chi connectivity index (χ1n) is 20.0. The zero-order chi connectivity index (χ0) is 41.6. The van der Waals surface area contributed by atoms with E-state index in [-0.39, 0.29) is 5.75 Å². The number of phenols is 1. The number of carbonyl (C=O) groups excluding carboxylic acids is 1. The van der Waals surface area contributed by atoms with Crippen LogP contribution in [0.2, 0.25) is 0 Å². The molecular formula is C53H32O7S2. The molecule has 62 heavy (non-hydrogen) atoms. The van der Waals surface area contributed by atoms with Gasteiger partial charge in [0.15, 0.2) is 5.60 Å². The summed E-state index contributed by atoms with van der Waals surface area (Å²) in [5.74, 6) is 2.19. The number of fused-ring (bicyclic) bond motifs is 11. The van der Waals surface area contributed by atoms with E-state index in [0.29, 0.717) is 51.0 Å². The largest absolute Gasteiger partial charge is 0.508 e. The molecule has 1 N–H and O–H groups in total. The first kappa shape index (κ1) is 36.5. The number of phenolic OH excluding ortho intramolecular Hbond substituents is 1. The summed E-state index contributed by atoms with van der Waals surface area (Å²) in [6.07, 6.45) is 0. The third-order valence-corrected chi connectivity index (χ3v) is 13.2. The number of esters is 1. The van der Waals surface area contributed by atoms with Gasteiger partial charge in [-0.1, -0.05) is 103 Å². The fourth-order valence-corrected chi connectivity index (χ4v) is 10.4. The van der Waals surface area contributed by atoms with Crippen molar-refractivity contribution in [2.24, 2.45) is 0 Å². The van der Waals surface area contributed by atoms with Gasteiger partial charge in [0.2, 0.25) is 0 Å². The molecule has 0 bridgehead atoms. The summed E-state index contributed by atoms with van der Waals surface area (Å²) < 4.78 is 29.9. The number of rotatable bonds is 7. The minimum absolute atomic E-state index is 0.0288. The van der Waals surface area contributed by atoms with Crippen LogP contribution in [-0.2, 0) is 15.8 Å². The summed E-state index contributed by atoms with van der Waals surface area (Å²) >= 11 is 4.86. The highest BCUT2D eigenvalue weighted by molar-refractivity contribution is 7.90. The lowest BCUT2D eigenvalue weighted by atomic mass is 9.67. The molecule has 298 valence electrons. The van der Waals surface area contributed by atoms with E-state index >= 15 is 0 Å². The van der Waals surface area contributed by atoms with Crippen molar-refractivity contribution in [1.82, 2.24) is 0 Å². The molecule has 1 unspecified atom stereocenters. The standard InChI is InChI=1S/C53H32O7S2/c54-37-19-23-47-49(29-37)56-50-30-40(22-24-48(50)53(47)46-12-6-3-9-43(46)51(55)57-53)60-62-59-39-21-16-32-26-36(18-14-34(32)28-39)52(35-17-13-33-27-38(58-61)20-15-31(33)25-35)44-10-4-1-7-41(44)42-8-2-5-11-45(42)52/h1-30,54,61H. The second kappa shape index (κ2) is 13.9. The highest BCUT2D eigenvalue weighted by atomic mass is 32.2. The predicted octanol–water partition coefficient (Wildman–Crippen LogP) is 12.9. The highest BCUT2D eigenvalue weighted by Crippen LogP contribution is 2.58. The van der Waals surface area contributed by atoms with E-state index in [0.717, 1.165) is 39.4 Å². The smallest absolute Gasteiger partial charge is 0.340 e. The second-order valence-corrected chi connectivity index (χ2v) is 16.3. The molecule has 9 aromatic carbocycles. The van der Waals surface area contributed by atoms with Crippen LogP contribution in [0.1, 0.15) is 49.3 Å². The maximum Gasteiger partial charge on any atom is 0.340 e. The van der Waals surface area contributed by atoms with E-state index in [1.54, 1.807) is 30.3 Å². The van der Waals surface area contributed by atoms with E-state index in [4.69, 9.17) is 22.0 Å². The van der Waals surface area contributed by atoms with Gasteiger partial charge in [0.25, 0.3) is 12.3 Å². The Morgan fingerprint density at radius 1 is 0.484 bits per heavy atom. The van der Waals surface area contributed by atoms with Crippen molar-refractivity contribution in [3.8, 4) is 45.6 Å². The summed E-state index contributed by atoms with van der Waals surface area (Å²) in [5, 5.41) is 14.6. The Labute approximate surface area is 366 Å². The second-order valence-electron chi connectivity index (χ2n) is 15.7. The molecule has 0 saturated carbocycles. The third-order valence-electron chi connectivity index (χ3n) is 12.5. The van der Waals surface area contributed by atoms with Crippen molar-refractivity contribution in [3.63, 3.8) is 0 Å². The van der Waals surface area contributed by atoms with Crippen LogP contribution in [0.3, 0.4) is 0 Å². The Morgan fingerprint density at radius 2 is 0.984 bits per heavy atom. The molecule has 7 nitrogen and oxygen atoms in total. The Kier molecular flexibility index (Phi) is 8.16. The number of hydrogen-bond donors (Lipinski definition) is 2. The summed E-state index contributed by atoms with van der Waals surface area (Å²) in [4.78, 5) is 13.2. The number of ether oxygens (including phenoxy) is 2. The van der Waals surface area contributed by atoms with Gasteiger partial charge < -0.3 is 27.1 Å². The monoisotopic (exact) mass is 844 g/mol. The fraction of sp³-hybridized carbons (Fsp3) is 0.0377. The van der Waals surface area contributed by atoms with Gasteiger partial charge in [-0.2, -0.15) is 0 Å². The minimum Gasteiger partial charge on any atom is -0.508 e. The lowest BCUT2D eigenvalue weighted by Crippen LogP contribution is -2.32. The molecule has 0 saturated heterocycles. The molecule has 9 heteroatoms. The first-order valence-corrected chi connectivity index (χ1v) is 21.1. The fourth-order valence-electron chi connectivity index (χ4n) is 9.84. The molecule has 1 spiro atoms. The highest BCUT2D eigenvalue weighted by Gasteiger charge is 2.53. The molecule has 3 aliphatic rings. The Hall–Kier alpha value is -7.33. The van der Waals surface area contributed by atoms with Gasteiger partial charge in [-0.15, -0.1) is 0 Å². The molecule has 2 heterocycles. The normalized spacial score (nSPS) is 16.1. The van der Waals surface area contributed by atoms with E-state index in [1.807, 2.05) is 48.5 Å². The van der Waals surface area contributed by atoms with Crippen molar-refractivity contribution in [2.75, 3.05) is 0 Å². The molecule has 0 fully saturated rings. The third kappa shape index (κ3) is 5.31. The van der Waals surface area contributed by atoms with Gasteiger partial charge in [0.05, 0.1) is 11.0 Å². The zero-order valence-corrected chi connectivity index (χ0v) is 34.3. The SMILES string of the molecule is O=C1OC2(c3ccc(O)cc3Oc3cc(OSOc4ccc5cc(C6(c7ccc8cc(OS)ccc8c7)c7ccccc7-c7ccccc76)ccc5c4)ccc32)c2ccccc21. The molecular weight excluding hydrogens is 813 g/mol. The van der Waals surface area contributed by atoms with Gasteiger partial charge in [0, 0.05) is 41.7 Å². The van der Waals surface area contributed by atoms with Gasteiger partial charge in [-0.25, -0.2) is 4.79 Å². The Bertz CT molecular complexity index is 3300. The molecule has 0 aromatic heterocycles. The van der Waals surface area contributed by atoms with Crippen LogP contribution in [0.25, 0.3) is 32.7 Å². The van der Waals surface area contributed by atoms with Crippen molar-refractivity contribution >= 4 is 52.7 Å². The van der Waals surface area contributed by atoms with Crippen LogP contribution in [-0.4, -0.2) is 11.1 Å². The average Bonchev–Trinajstić information content (AvgIpc) is 3.78. The van der Waals surface area contributed by atoms with Crippen molar-refractivity contribution in [3.05, 3.63) is 226 Å². The maximum absolute atomic E-state index is 13.2. The molecule has 0 amide bonds. The topological polar surface area (TPSA) is 83.5 Å². The van der Waals surface area contributed by atoms with Crippen LogP contribution in [0.4, 0.5) is 0 Å². The van der Waals surface area contributed by atoms with Crippen molar-refractivity contribution in [2.45, 2.75) is 11.0 Å². The minimum atomic E-state index is -1.25. The first-order chi connectivity index (χ1) is 30.4. The molecule has 9 aromatic rings. The number of aromatic hydroxyl groups is 1. The van der Waals surface area contributed by atoms with Crippen molar-refractivity contribution in [1.29, 1.82) is 0 Å². The summed E-state index contributed by atoms with van der Waals surface area (Å²) in [5.41, 5.74) is 7.90. The van der Waals surface area contributed by atoms with Crippen molar-refractivity contribution < 1.29 is 31.9 Å². The van der Waals surface area contributed by atoms with E-state index in [2.05, 4.69) is 110 Å². The number of thiol groups is 1. The number of benzene rings is 9.